The van der Waals surface area contributed by atoms with Gasteiger partial charge in [0.1, 0.15) is 48.2 Å². The number of phosphoric acid groups is 1. The highest BCUT2D eigenvalue weighted by Crippen LogP contribution is 2.50. The standard InChI is InChI=1S/C21H24FN10O11PS/c1-7-29-18-12(19(34)30-7)27-6-32(18)20-10(22)14-9(41-20)3-39-44(35,36)42-15-8(2-28-45(37,38)43-14)40-21(13(15)33)31-5-26-11-16(23)24-4-25-17(11)31/h4-6,8-10,13-15,20-21,28,33H,2-3H2,1H3,(H,35,36)(H2,23,24,25)(H,29,30,34). The molecular weight excluding hydrogens is 650 g/mol. The van der Waals surface area contributed by atoms with Crippen molar-refractivity contribution in [3.05, 3.63) is 35.2 Å². The average Bonchev–Trinajstić information content (AvgIpc) is 3.72. The summed E-state index contributed by atoms with van der Waals surface area (Å²) >= 11 is 0. The molecule has 242 valence electrons. The molecule has 0 radical (unpaired) electrons. The first-order chi connectivity index (χ1) is 21.3. The maximum atomic E-state index is 15.9. The maximum Gasteiger partial charge on any atom is 0.472 e. The highest BCUT2D eigenvalue weighted by molar-refractivity contribution is 7.84. The van der Waals surface area contributed by atoms with Crippen LogP contribution < -0.4 is 16.0 Å². The van der Waals surface area contributed by atoms with Crippen molar-refractivity contribution >= 4 is 46.3 Å². The number of hydrogen-bond acceptors (Lipinski definition) is 16. The van der Waals surface area contributed by atoms with Gasteiger partial charge in [0.05, 0.1) is 19.3 Å². The smallest absolute Gasteiger partial charge is 0.386 e. The van der Waals surface area contributed by atoms with E-state index in [2.05, 4.69) is 34.6 Å². The number of ether oxygens (including phenoxy) is 2. The summed E-state index contributed by atoms with van der Waals surface area (Å²) in [6, 6.07) is 0. The molecule has 3 aliphatic rings. The predicted molar refractivity (Wildman–Crippen MR) is 144 cm³/mol. The van der Waals surface area contributed by atoms with E-state index in [9.17, 15) is 27.8 Å². The van der Waals surface area contributed by atoms with Crippen molar-refractivity contribution in [1.29, 1.82) is 0 Å². The van der Waals surface area contributed by atoms with Crippen LogP contribution in [-0.4, -0.2) is 107 Å². The fourth-order valence-corrected chi connectivity index (χ4v) is 7.33. The zero-order valence-corrected chi connectivity index (χ0v) is 24.5. The molecule has 9 atom stereocenters. The highest BCUT2D eigenvalue weighted by Gasteiger charge is 2.53. The number of rotatable bonds is 2. The average molecular weight is 675 g/mol. The van der Waals surface area contributed by atoms with E-state index in [1.165, 1.54) is 17.8 Å². The van der Waals surface area contributed by atoms with Gasteiger partial charge in [-0.05, 0) is 6.92 Å². The van der Waals surface area contributed by atoms with Crippen LogP contribution in [0.5, 0.6) is 0 Å². The van der Waals surface area contributed by atoms with Crippen LogP contribution in [0.25, 0.3) is 22.3 Å². The van der Waals surface area contributed by atoms with Gasteiger partial charge in [-0.25, -0.2) is 38.1 Å². The minimum atomic E-state index is -5.06. The van der Waals surface area contributed by atoms with Gasteiger partial charge < -0.3 is 30.2 Å². The number of hydrogen-bond donors (Lipinski definition) is 5. The van der Waals surface area contributed by atoms with Crippen LogP contribution in [0.15, 0.2) is 23.8 Å². The number of halogens is 1. The molecule has 4 aromatic heterocycles. The lowest BCUT2D eigenvalue weighted by atomic mass is 10.1. The van der Waals surface area contributed by atoms with Gasteiger partial charge in [-0.1, -0.05) is 0 Å². The molecule has 0 spiro atoms. The number of fused-ring (bicyclic) bond motifs is 4. The molecule has 0 saturated carbocycles. The second kappa shape index (κ2) is 10.8. The molecule has 24 heteroatoms. The Hall–Kier alpha value is -3.51. The quantitative estimate of drug-likeness (QED) is 0.145. The summed E-state index contributed by atoms with van der Waals surface area (Å²) in [6.07, 6.45) is -10.0. The van der Waals surface area contributed by atoms with Crippen LogP contribution in [0.1, 0.15) is 18.3 Å². The first-order valence-electron chi connectivity index (χ1n) is 13.1. The molecule has 6 N–H and O–H groups in total. The summed E-state index contributed by atoms with van der Waals surface area (Å²) < 4.78 is 86.4. The van der Waals surface area contributed by atoms with E-state index in [0.29, 0.717) is 0 Å². The number of H-pyrrole nitrogens is 1. The molecule has 3 fully saturated rings. The number of anilines is 1. The summed E-state index contributed by atoms with van der Waals surface area (Å²) in [6.45, 7) is -0.0759. The summed E-state index contributed by atoms with van der Waals surface area (Å²) in [5.74, 6) is 0.226. The third kappa shape index (κ3) is 5.29. The largest absolute Gasteiger partial charge is 0.472 e. The van der Waals surface area contributed by atoms with E-state index in [4.69, 9.17) is 28.4 Å². The Bertz CT molecular complexity index is 2010. The molecule has 7 heterocycles. The van der Waals surface area contributed by atoms with Crippen molar-refractivity contribution in [2.45, 2.75) is 56.1 Å². The van der Waals surface area contributed by atoms with Crippen LogP contribution in [0, 0.1) is 6.92 Å². The SMILES string of the molecule is Cc1nc2c(ncn2C2OC3COP(=O)(O)OC4C(CNS(=O)(=O)OC3C2F)OC(n2cnc3c(N)ncnc32)C4O)c(=O)[nH]1. The van der Waals surface area contributed by atoms with Crippen molar-refractivity contribution in [1.82, 2.24) is 43.8 Å². The first kappa shape index (κ1) is 30.2. The monoisotopic (exact) mass is 674 g/mol. The van der Waals surface area contributed by atoms with Gasteiger partial charge in [0.25, 0.3) is 5.56 Å². The fraction of sp³-hybridized carbons (Fsp3) is 0.524. The minimum absolute atomic E-state index is 0.0366. The molecule has 21 nitrogen and oxygen atoms in total. The third-order valence-electron chi connectivity index (χ3n) is 7.42. The third-order valence-corrected chi connectivity index (χ3v) is 9.40. The predicted octanol–water partition coefficient (Wildman–Crippen LogP) is -1.92. The number of nitrogens with zero attached hydrogens (tertiary/aromatic N) is 7. The van der Waals surface area contributed by atoms with Gasteiger partial charge >= 0.3 is 18.1 Å². The second-order valence-corrected chi connectivity index (χ2v) is 13.1. The van der Waals surface area contributed by atoms with E-state index in [1.807, 2.05) is 0 Å². The number of nitrogen functional groups attached to an aromatic ring is 1. The van der Waals surface area contributed by atoms with Gasteiger partial charge in [0.2, 0.25) is 0 Å². The van der Waals surface area contributed by atoms with Crippen molar-refractivity contribution < 1.29 is 50.1 Å². The number of aromatic nitrogens is 8. The topological polar surface area (TPSA) is 283 Å². The van der Waals surface area contributed by atoms with Gasteiger partial charge in [-0.15, -0.1) is 0 Å². The number of imidazole rings is 2. The molecule has 0 aliphatic carbocycles. The fourth-order valence-electron chi connectivity index (χ4n) is 5.41. The number of aryl methyl sites for hydroxylation is 1. The summed E-state index contributed by atoms with van der Waals surface area (Å²) in [5, 5.41) is 11.1. The van der Waals surface area contributed by atoms with Crippen LogP contribution in [0.3, 0.4) is 0 Å². The van der Waals surface area contributed by atoms with Crippen molar-refractivity contribution in [3.8, 4) is 0 Å². The van der Waals surface area contributed by atoms with Crippen molar-refractivity contribution in [2.24, 2.45) is 0 Å². The van der Waals surface area contributed by atoms with E-state index < -0.39 is 86.0 Å². The molecule has 7 rings (SSSR count). The second-order valence-electron chi connectivity index (χ2n) is 10.3. The number of nitrogens with two attached hydrogens (primary N) is 1. The normalized spacial score (nSPS) is 35.6. The Kier molecular flexibility index (Phi) is 7.23. The summed E-state index contributed by atoms with van der Waals surface area (Å²) in [4.78, 5) is 45.4. The van der Waals surface area contributed by atoms with Crippen LogP contribution in [0.2, 0.25) is 0 Å². The van der Waals surface area contributed by atoms with E-state index in [1.54, 1.807) is 0 Å². The number of phosphoric ester groups is 1. The van der Waals surface area contributed by atoms with Crippen LogP contribution >= 0.6 is 7.82 Å². The van der Waals surface area contributed by atoms with E-state index in [-0.39, 0.29) is 34.0 Å². The summed E-state index contributed by atoms with van der Waals surface area (Å²) in [7, 11) is -9.83. The van der Waals surface area contributed by atoms with Gasteiger partial charge in [-0.2, -0.15) is 13.1 Å². The van der Waals surface area contributed by atoms with Crippen LogP contribution in [0.4, 0.5) is 10.2 Å². The van der Waals surface area contributed by atoms with Gasteiger partial charge in [0.15, 0.2) is 41.3 Å². The Balaban J connectivity index is 1.17. The number of alkyl halides is 1. The Morgan fingerprint density at radius 2 is 1.78 bits per heavy atom. The number of aliphatic hydroxyl groups is 1. The van der Waals surface area contributed by atoms with Crippen molar-refractivity contribution in [3.63, 3.8) is 0 Å². The Labute approximate surface area is 250 Å². The molecule has 3 aliphatic heterocycles. The number of aromatic amines is 1. The molecule has 0 bridgehead atoms. The molecular formula is C21H24FN10O11PS. The highest BCUT2D eigenvalue weighted by atomic mass is 32.2. The molecule has 0 amide bonds. The lowest BCUT2D eigenvalue weighted by molar-refractivity contribution is -0.0502. The zero-order valence-electron chi connectivity index (χ0n) is 22.8. The number of nitrogens with one attached hydrogen (secondary N) is 2. The molecule has 3 saturated heterocycles. The zero-order chi connectivity index (χ0) is 31.8. The summed E-state index contributed by atoms with van der Waals surface area (Å²) in [5.41, 5.74) is 5.35. The molecule has 0 aromatic carbocycles. The first-order valence-corrected chi connectivity index (χ1v) is 16.1. The van der Waals surface area contributed by atoms with Crippen molar-refractivity contribution in [2.75, 3.05) is 18.9 Å². The lowest BCUT2D eigenvalue weighted by Gasteiger charge is -2.26. The van der Waals surface area contributed by atoms with Gasteiger partial charge in [0, 0.05) is 6.54 Å². The molecule has 9 unspecified atom stereocenters. The van der Waals surface area contributed by atoms with E-state index in [0.717, 1.165) is 17.2 Å². The van der Waals surface area contributed by atoms with E-state index >= 15 is 4.39 Å². The molecule has 45 heavy (non-hydrogen) atoms. The Morgan fingerprint density at radius 1 is 1.07 bits per heavy atom. The maximum absolute atomic E-state index is 15.9. The Morgan fingerprint density at radius 3 is 2.56 bits per heavy atom. The molecule has 4 aromatic rings. The van der Waals surface area contributed by atoms with Gasteiger partial charge in [-0.3, -0.25) is 23.0 Å². The number of aliphatic hydroxyl groups excluding tert-OH is 1. The van der Waals surface area contributed by atoms with Crippen LogP contribution in [-0.2, 0) is 37.6 Å². The lowest BCUT2D eigenvalue weighted by Crippen LogP contribution is -2.45. The minimum Gasteiger partial charge on any atom is -0.386 e.